The van der Waals surface area contributed by atoms with Gasteiger partial charge in [-0.05, 0) is 31.0 Å². The summed E-state index contributed by atoms with van der Waals surface area (Å²) in [4.78, 5) is 6.67. The number of sulfonamides is 1. The van der Waals surface area contributed by atoms with E-state index in [2.05, 4.69) is 14.7 Å². The van der Waals surface area contributed by atoms with Crippen LogP contribution in [0.25, 0.3) is 0 Å². The molecule has 0 unspecified atom stereocenters. The number of aryl methyl sites for hydroxylation is 2. The molecule has 0 fully saturated rings. The predicted molar refractivity (Wildman–Crippen MR) is 73.2 cm³/mol. The minimum atomic E-state index is -3.81. The van der Waals surface area contributed by atoms with Crippen LogP contribution in [0, 0.1) is 12.7 Å². The molecule has 0 atom stereocenters. The topological polar surface area (TPSA) is 74.8 Å². The SMILES string of the molecule is Cc1ccc(F)c(S(=O)(=O)NCCCc2ncc[nH]2)c1. The van der Waals surface area contributed by atoms with Crippen molar-refractivity contribution in [1.29, 1.82) is 0 Å². The van der Waals surface area contributed by atoms with Crippen molar-refractivity contribution in [2.45, 2.75) is 24.7 Å². The maximum atomic E-state index is 13.6. The number of aromatic amines is 1. The molecule has 20 heavy (non-hydrogen) atoms. The van der Waals surface area contributed by atoms with Gasteiger partial charge in [-0.1, -0.05) is 6.07 Å². The Bertz CT molecular complexity index is 669. The monoisotopic (exact) mass is 297 g/mol. The lowest BCUT2D eigenvalue weighted by Crippen LogP contribution is -2.26. The van der Waals surface area contributed by atoms with Gasteiger partial charge in [-0.3, -0.25) is 0 Å². The average molecular weight is 297 g/mol. The summed E-state index contributed by atoms with van der Waals surface area (Å²) in [7, 11) is -3.81. The van der Waals surface area contributed by atoms with Crippen LogP contribution in [0.5, 0.6) is 0 Å². The van der Waals surface area contributed by atoms with Gasteiger partial charge in [-0.15, -0.1) is 0 Å². The first kappa shape index (κ1) is 14.7. The molecule has 2 N–H and O–H groups in total. The molecule has 0 aliphatic heterocycles. The van der Waals surface area contributed by atoms with Gasteiger partial charge in [-0.25, -0.2) is 22.5 Å². The Hall–Kier alpha value is -1.73. The number of H-pyrrole nitrogens is 1. The van der Waals surface area contributed by atoms with Gasteiger partial charge in [0.25, 0.3) is 0 Å². The average Bonchev–Trinajstić information content (AvgIpc) is 2.90. The zero-order valence-corrected chi connectivity index (χ0v) is 11.9. The van der Waals surface area contributed by atoms with Crippen molar-refractivity contribution < 1.29 is 12.8 Å². The second-order valence-electron chi connectivity index (χ2n) is 4.47. The molecule has 5 nitrogen and oxygen atoms in total. The standard InChI is InChI=1S/C13H16FN3O2S/c1-10-4-5-11(14)12(9-10)20(18,19)17-6-2-3-13-15-7-8-16-13/h4-5,7-9,17H,2-3,6H2,1H3,(H,15,16). The van der Waals surface area contributed by atoms with Gasteiger partial charge in [0.05, 0.1) is 0 Å². The van der Waals surface area contributed by atoms with E-state index in [9.17, 15) is 12.8 Å². The van der Waals surface area contributed by atoms with Gasteiger partial charge >= 0.3 is 0 Å². The highest BCUT2D eigenvalue weighted by molar-refractivity contribution is 7.89. The summed E-state index contributed by atoms with van der Waals surface area (Å²) in [6.07, 6.45) is 4.56. The number of hydrogen-bond acceptors (Lipinski definition) is 3. The van der Waals surface area contributed by atoms with Crippen molar-refractivity contribution in [3.63, 3.8) is 0 Å². The molecular weight excluding hydrogens is 281 g/mol. The van der Waals surface area contributed by atoms with Crippen molar-refractivity contribution in [3.05, 3.63) is 47.8 Å². The molecule has 0 saturated carbocycles. The Labute approximate surface area is 117 Å². The smallest absolute Gasteiger partial charge is 0.243 e. The van der Waals surface area contributed by atoms with Crippen LogP contribution in [-0.4, -0.2) is 24.9 Å². The number of hydrogen-bond donors (Lipinski definition) is 2. The number of rotatable bonds is 6. The molecule has 1 heterocycles. The fourth-order valence-electron chi connectivity index (χ4n) is 1.79. The fraction of sp³-hybridized carbons (Fsp3) is 0.308. The third kappa shape index (κ3) is 3.64. The Morgan fingerprint density at radius 3 is 2.90 bits per heavy atom. The summed E-state index contributed by atoms with van der Waals surface area (Å²) in [5.74, 6) is 0.0556. The Balaban J connectivity index is 1.95. The molecule has 1 aromatic heterocycles. The highest BCUT2D eigenvalue weighted by Crippen LogP contribution is 2.15. The summed E-state index contributed by atoms with van der Waals surface area (Å²) >= 11 is 0. The number of benzene rings is 1. The number of halogens is 1. The maximum absolute atomic E-state index is 13.6. The molecule has 0 aliphatic rings. The molecule has 108 valence electrons. The van der Waals surface area contributed by atoms with Gasteiger partial charge in [0.2, 0.25) is 10.0 Å². The number of aromatic nitrogens is 2. The summed E-state index contributed by atoms with van der Waals surface area (Å²) in [6, 6.07) is 4.02. The van der Waals surface area contributed by atoms with Crippen molar-refractivity contribution in [2.24, 2.45) is 0 Å². The molecule has 2 rings (SSSR count). The Kier molecular flexibility index (Phi) is 4.51. The highest BCUT2D eigenvalue weighted by atomic mass is 32.2. The second-order valence-corrected chi connectivity index (χ2v) is 6.21. The summed E-state index contributed by atoms with van der Waals surface area (Å²) < 4.78 is 39.9. The largest absolute Gasteiger partial charge is 0.349 e. The zero-order chi connectivity index (χ0) is 14.6. The van der Waals surface area contributed by atoms with Gasteiger partial charge in [-0.2, -0.15) is 0 Å². The van der Waals surface area contributed by atoms with E-state index in [1.54, 1.807) is 19.3 Å². The fourth-order valence-corrected chi connectivity index (χ4v) is 3.03. The molecule has 7 heteroatoms. The van der Waals surface area contributed by atoms with Crippen LogP contribution in [0.3, 0.4) is 0 Å². The van der Waals surface area contributed by atoms with E-state index in [-0.39, 0.29) is 11.4 Å². The van der Waals surface area contributed by atoms with Gasteiger partial charge in [0.15, 0.2) is 0 Å². The van der Waals surface area contributed by atoms with Crippen LogP contribution >= 0.6 is 0 Å². The van der Waals surface area contributed by atoms with E-state index in [0.717, 1.165) is 11.9 Å². The first-order valence-corrected chi connectivity index (χ1v) is 7.71. The third-order valence-electron chi connectivity index (χ3n) is 2.81. The molecule has 1 aromatic carbocycles. The molecule has 0 radical (unpaired) electrons. The molecule has 0 spiro atoms. The van der Waals surface area contributed by atoms with Crippen LogP contribution in [0.2, 0.25) is 0 Å². The molecule has 2 aromatic rings. The van der Waals surface area contributed by atoms with Crippen molar-refractivity contribution >= 4 is 10.0 Å². The molecule has 0 aliphatic carbocycles. The van der Waals surface area contributed by atoms with Crippen molar-refractivity contribution in [3.8, 4) is 0 Å². The van der Waals surface area contributed by atoms with Crippen LogP contribution in [-0.2, 0) is 16.4 Å². The van der Waals surface area contributed by atoms with Gasteiger partial charge < -0.3 is 4.98 Å². The summed E-state index contributed by atoms with van der Waals surface area (Å²) in [5.41, 5.74) is 0.697. The second kappa shape index (κ2) is 6.15. The Morgan fingerprint density at radius 1 is 1.40 bits per heavy atom. The van der Waals surface area contributed by atoms with Crippen LogP contribution < -0.4 is 4.72 Å². The van der Waals surface area contributed by atoms with Crippen molar-refractivity contribution in [1.82, 2.24) is 14.7 Å². The first-order chi connectivity index (χ1) is 9.49. The minimum absolute atomic E-state index is 0.233. The van der Waals surface area contributed by atoms with E-state index in [1.807, 2.05) is 0 Å². The van der Waals surface area contributed by atoms with Crippen molar-refractivity contribution in [2.75, 3.05) is 6.54 Å². The lowest BCUT2D eigenvalue weighted by molar-refractivity contribution is 0.554. The first-order valence-electron chi connectivity index (χ1n) is 6.23. The number of nitrogens with zero attached hydrogens (tertiary/aromatic N) is 1. The third-order valence-corrected chi connectivity index (χ3v) is 4.29. The van der Waals surface area contributed by atoms with E-state index >= 15 is 0 Å². The number of nitrogens with one attached hydrogen (secondary N) is 2. The van der Waals surface area contributed by atoms with E-state index in [0.29, 0.717) is 18.4 Å². The predicted octanol–water partition coefficient (Wildman–Crippen LogP) is 1.77. The number of imidazole rings is 1. The Morgan fingerprint density at radius 2 is 2.20 bits per heavy atom. The summed E-state index contributed by atoms with van der Waals surface area (Å²) in [5, 5.41) is 0. The normalized spacial score (nSPS) is 11.7. The lowest BCUT2D eigenvalue weighted by Gasteiger charge is -2.08. The minimum Gasteiger partial charge on any atom is -0.349 e. The molecule has 0 amide bonds. The van der Waals surface area contributed by atoms with Gasteiger partial charge in [0.1, 0.15) is 16.5 Å². The lowest BCUT2D eigenvalue weighted by atomic mass is 10.2. The highest BCUT2D eigenvalue weighted by Gasteiger charge is 2.18. The van der Waals surface area contributed by atoms with Crippen LogP contribution in [0.15, 0.2) is 35.5 Å². The molecular formula is C13H16FN3O2S. The zero-order valence-electron chi connectivity index (χ0n) is 11.1. The van der Waals surface area contributed by atoms with E-state index in [4.69, 9.17) is 0 Å². The maximum Gasteiger partial charge on any atom is 0.243 e. The van der Waals surface area contributed by atoms with Gasteiger partial charge in [0, 0.05) is 25.4 Å². The van der Waals surface area contributed by atoms with Crippen LogP contribution in [0.1, 0.15) is 17.8 Å². The summed E-state index contributed by atoms with van der Waals surface area (Å²) in [6.45, 7) is 1.95. The molecule has 0 saturated heterocycles. The van der Waals surface area contributed by atoms with E-state index < -0.39 is 15.8 Å². The molecule has 0 bridgehead atoms. The van der Waals surface area contributed by atoms with Crippen LogP contribution in [0.4, 0.5) is 4.39 Å². The van der Waals surface area contributed by atoms with E-state index in [1.165, 1.54) is 12.1 Å². The quantitative estimate of drug-likeness (QED) is 0.798.